The molecule has 0 atom stereocenters. The van der Waals surface area contributed by atoms with Crippen LogP contribution in [0.1, 0.15) is 11.1 Å². The molecule has 2 rings (SSSR count). The number of aromatic nitrogens is 2. The first-order valence-electron chi connectivity index (χ1n) is 5.67. The van der Waals surface area contributed by atoms with Crippen molar-refractivity contribution >= 4 is 11.8 Å². The Morgan fingerprint density at radius 1 is 1.33 bits per heavy atom. The molecule has 0 radical (unpaired) electrons. The highest BCUT2D eigenvalue weighted by molar-refractivity contribution is 5.70. The average molecular weight is 245 g/mol. The van der Waals surface area contributed by atoms with Gasteiger partial charge in [0.15, 0.2) is 0 Å². The monoisotopic (exact) mass is 245 g/mol. The van der Waals surface area contributed by atoms with Gasteiger partial charge in [-0.3, -0.25) is 9.48 Å². The molecule has 1 heterocycles. The van der Waals surface area contributed by atoms with E-state index < -0.39 is 5.97 Å². The van der Waals surface area contributed by atoms with Crippen LogP contribution in [-0.2, 0) is 24.8 Å². The van der Waals surface area contributed by atoms with Crippen molar-refractivity contribution in [1.29, 1.82) is 0 Å². The molecule has 0 aliphatic carbocycles. The van der Waals surface area contributed by atoms with Gasteiger partial charge in [0.05, 0.1) is 6.42 Å². The van der Waals surface area contributed by atoms with E-state index in [0.29, 0.717) is 6.54 Å². The predicted molar refractivity (Wildman–Crippen MR) is 68.3 cm³/mol. The Hall–Kier alpha value is -2.30. The number of benzene rings is 1. The molecule has 2 aromatic rings. The first kappa shape index (κ1) is 12.2. The maximum atomic E-state index is 10.8. The zero-order chi connectivity index (χ0) is 13.0. The van der Waals surface area contributed by atoms with Gasteiger partial charge in [0.2, 0.25) is 0 Å². The van der Waals surface area contributed by atoms with Crippen molar-refractivity contribution in [2.24, 2.45) is 7.05 Å². The number of carboxylic acids is 1. The molecule has 0 fully saturated rings. The van der Waals surface area contributed by atoms with Crippen LogP contribution in [0.4, 0.5) is 5.82 Å². The van der Waals surface area contributed by atoms with E-state index in [1.54, 1.807) is 4.68 Å². The molecule has 0 aliphatic rings. The number of aryl methyl sites for hydroxylation is 1. The molecule has 5 nitrogen and oxygen atoms in total. The summed E-state index contributed by atoms with van der Waals surface area (Å²) in [6.45, 7) is 0.570. The van der Waals surface area contributed by atoms with Gasteiger partial charge < -0.3 is 10.4 Å². The lowest BCUT2D eigenvalue weighted by atomic mass is 10.0. The molecule has 0 spiro atoms. The maximum absolute atomic E-state index is 10.8. The fourth-order valence-corrected chi connectivity index (χ4v) is 1.76. The smallest absolute Gasteiger partial charge is 0.307 e. The molecule has 0 saturated heterocycles. The Kier molecular flexibility index (Phi) is 3.62. The van der Waals surface area contributed by atoms with Gasteiger partial charge in [0.1, 0.15) is 5.82 Å². The van der Waals surface area contributed by atoms with Crippen molar-refractivity contribution in [2.75, 3.05) is 5.32 Å². The van der Waals surface area contributed by atoms with Crippen molar-refractivity contribution in [1.82, 2.24) is 9.78 Å². The largest absolute Gasteiger partial charge is 0.481 e. The average Bonchev–Trinajstić information content (AvgIpc) is 2.73. The number of carboxylic acid groups (broad SMARTS) is 1. The van der Waals surface area contributed by atoms with Crippen LogP contribution in [0.5, 0.6) is 0 Å². The maximum Gasteiger partial charge on any atom is 0.307 e. The number of nitrogens with one attached hydrogen (secondary N) is 1. The van der Waals surface area contributed by atoms with E-state index in [1.165, 1.54) is 0 Å². The predicted octanol–water partition coefficient (Wildman–Crippen LogP) is 1.66. The second-order valence-corrected chi connectivity index (χ2v) is 4.07. The topological polar surface area (TPSA) is 67.2 Å². The normalized spacial score (nSPS) is 10.3. The lowest BCUT2D eigenvalue weighted by Gasteiger charge is -2.08. The van der Waals surface area contributed by atoms with E-state index in [0.717, 1.165) is 16.9 Å². The van der Waals surface area contributed by atoms with E-state index >= 15 is 0 Å². The lowest BCUT2D eigenvalue weighted by molar-refractivity contribution is -0.136. The van der Waals surface area contributed by atoms with E-state index in [9.17, 15) is 4.79 Å². The Labute approximate surface area is 105 Å². The van der Waals surface area contributed by atoms with Gasteiger partial charge in [0, 0.05) is 25.9 Å². The number of rotatable bonds is 5. The summed E-state index contributed by atoms with van der Waals surface area (Å²) < 4.78 is 1.71. The highest BCUT2D eigenvalue weighted by atomic mass is 16.4. The van der Waals surface area contributed by atoms with Gasteiger partial charge in [-0.05, 0) is 11.1 Å². The molecule has 0 unspecified atom stereocenters. The number of aliphatic carboxylic acids is 1. The third kappa shape index (κ3) is 3.10. The van der Waals surface area contributed by atoms with E-state index in [-0.39, 0.29) is 6.42 Å². The molecule has 2 N–H and O–H groups in total. The molecule has 0 amide bonds. The molecular weight excluding hydrogens is 230 g/mol. The van der Waals surface area contributed by atoms with Crippen LogP contribution in [0, 0.1) is 0 Å². The molecule has 1 aromatic heterocycles. The number of carbonyl (C=O) groups is 1. The van der Waals surface area contributed by atoms with Crippen molar-refractivity contribution in [3.05, 3.63) is 47.7 Å². The summed E-state index contributed by atoms with van der Waals surface area (Å²) in [6, 6.07) is 9.39. The highest BCUT2D eigenvalue weighted by Gasteiger charge is 2.06. The summed E-state index contributed by atoms with van der Waals surface area (Å²) >= 11 is 0. The van der Waals surface area contributed by atoms with Crippen LogP contribution < -0.4 is 5.32 Å². The summed E-state index contributed by atoms with van der Waals surface area (Å²) in [5.41, 5.74) is 1.80. The van der Waals surface area contributed by atoms with E-state index in [4.69, 9.17) is 5.11 Å². The standard InChI is InChI=1S/C13H15N3O2/c1-16-7-6-12(15-16)14-9-11-5-3-2-4-10(11)8-13(17)18/h2-7H,8-9H2,1H3,(H,14,15)(H,17,18). The molecule has 0 bridgehead atoms. The van der Waals surface area contributed by atoms with Crippen LogP contribution in [0.15, 0.2) is 36.5 Å². The quantitative estimate of drug-likeness (QED) is 0.840. The zero-order valence-electron chi connectivity index (χ0n) is 10.1. The van der Waals surface area contributed by atoms with Crippen molar-refractivity contribution in [3.63, 3.8) is 0 Å². The third-order valence-electron chi connectivity index (χ3n) is 2.63. The minimum absolute atomic E-state index is 0.0417. The lowest BCUT2D eigenvalue weighted by Crippen LogP contribution is -2.07. The minimum Gasteiger partial charge on any atom is -0.481 e. The summed E-state index contributed by atoms with van der Waals surface area (Å²) in [5.74, 6) is -0.0390. The van der Waals surface area contributed by atoms with Crippen LogP contribution in [0.3, 0.4) is 0 Å². The van der Waals surface area contributed by atoms with Gasteiger partial charge in [-0.15, -0.1) is 0 Å². The minimum atomic E-state index is -0.819. The van der Waals surface area contributed by atoms with Gasteiger partial charge in [-0.2, -0.15) is 5.10 Å². The van der Waals surface area contributed by atoms with Crippen molar-refractivity contribution < 1.29 is 9.90 Å². The fourth-order valence-electron chi connectivity index (χ4n) is 1.76. The Morgan fingerprint density at radius 2 is 2.06 bits per heavy atom. The number of anilines is 1. The second kappa shape index (κ2) is 5.35. The third-order valence-corrected chi connectivity index (χ3v) is 2.63. The second-order valence-electron chi connectivity index (χ2n) is 4.07. The van der Waals surface area contributed by atoms with Crippen molar-refractivity contribution in [2.45, 2.75) is 13.0 Å². The highest BCUT2D eigenvalue weighted by Crippen LogP contribution is 2.12. The first-order valence-corrected chi connectivity index (χ1v) is 5.67. The van der Waals surface area contributed by atoms with Crippen LogP contribution in [0.2, 0.25) is 0 Å². The molecular formula is C13H15N3O2. The number of hydrogen-bond acceptors (Lipinski definition) is 3. The van der Waals surface area contributed by atoms with Gasteiger partial charge in [0.25, 0.3) is 0 Å². The Balaban J connectivity index is 2.06. The summed E-state index contributed by atoms with van der Waals surface area (Å²) in [4.78, 5) is 10.8. The van der Waals surface area contributed by atoms with Gasteiger partial charge in [-0.25, -0.2) is 0 Å². The zero-order valence-corrected chi connectivity index (χ0v) is 10.1. The van der Waals surface area contributed by atoms with Crippen LogP contribution in [-0.4, -0.2) is 20.9 Å². The number of hydrogen-bond donors (Lipinski definition) is 2. The van der Waals surface area contributed by atoms with Gasteiger partial charge in [-0.1, -0.05) is 24.3 Å². The molecule has 18 heavy (non-hydrogen) atoms. The summed E-state index contributed by atoms with van der Waals surface area (Å²) in [5, 5.41) is 16.2. The molecule has 1 aromatic carbocycles. The van der Waals surface area contributed by atoms with E-state index in [2.05, 4.69) is 10.4 Å². The molecule has 5 heteroatoms. The molecule has 0 saturated carbocycles. The molecule has 94 valence electrons. The Morgan fingerprint density at radius 3 is 2.67 bits per heavy atom. The first-order chi connectivity index (χ1) is 8.65. The SMILES string of the molecule is Cn1ccc(NCc2ccccc2CC(=O)O)n1. The van der Waals surface area contributed by atoms with Crippen molar-refractivity contribution in [3.8, 4) is 0 Å². The Bertz CT molecular complexity index is 549. The fraction of sp³-hybridized carbons (Fsp3) is 0.231. The molecule has 0 aliphatic heterocycles. The summed E-state index contributed by atoms with van der Waals surface area (Å²) in [6.07, 6.45) is 1.89. The summed E-state index contributed by atoms with van der Waals surface area (Å²) in [7, 11) is 1.85. The van der Waals surface area contributed by atoms with Crippen LogP contribution >= 0.6 is 0 Å². The van der Waals surface area contributed by atoms with Crippen LogP contribution in [0.25, 0.3) is 0 Å². The van der Waals surface area contributed by atoms with Gasteiger partial charge >= 0.3 is 5.97 Å². The number of nitrogens with zero attached hydrogens (tertiary/aromatic N) is 2. The van der Waals surface area contributed by atoms with E-state index in [1.807, 2.05) is 43.6 Å².